The minimum atomic E-state index is -0.116. The molecule has 30 heavy (non-hydrogen) atoms. The summed E-state index contributed by atoms with van der Waals surface area (Å²) in [7, 11) is 0. The molecule has 0 aliphatic rings. The Morgan fingerprint density at radius 3 is 2.23 bits per heavy atom. The smallest absolute Gasteiger partial charge is 0.231 e. The third-order valence-electron chi connectivity index (χ3n) is 5.14. The number of ketones is 1. The van der Waals surface area contributed by atoms with Gasteiger partial charge in [-0.1, -0.05) is 54.6 Å². The summed E-state index contributed by atoms with van der Waals surface area (Å²) < 4.78 is 5.93. The first-order valence-electron chi connectivity index (χ1n) is 10.2. The largest absolute Gasteiger partial charge is 0.436 e. The van der Waals surface area contributed by atoms with Crippen LogP contribution in [0.5, 0.6) is 0 Å². The maximum Gasteiger partial charge on any atom is 0.231 e. The second-order valence-corrected chi connectivity index (χ2v) is 7.00. The average molecular weight is 396 g/mol. The van der Waals surface area contributed by atoms with Gasteiger partial charge in [-0.2, -0.15) is 0 Å². The van der Waals surface area contributed by atoms with Gasteiger partial charge < -0.3 is 9.32 Å². The standard InChI is InChI=1S/C26H24N2O2/c1-3-28(4-2)21-16-14-19(15-17-21)18-22(25(29)20-10-6-5-7-11-20)26-27-23-12-8-9-13-24(23)30-26/h5-18H,3-4H2,1-2H3/b22-18-. The van der Waals surface area contributed by atoms with Gasteiger partial charge in [0.05, 0.1) is 5.57 Å². The van der Waals surface area contributed by atoms with E-state index in [9.17, 15) is 4.79 Å². The molecule has 0 amide bonds. The summed E-state index contributed by atoms with van der Waals surface area (Å²) in [4.78, 5) is 20.2. The molecular formula is C26H24N2O2. The summed E-state index contributed by atoms with van der Waals surface area (Å²) in [5.41, 5.74) is 4.52. The molecule has 4 aromatic rings. The molecule has 0 aliphatic carbocycles. The first-order valence-corrected chi connectivity index (χ1v) is 10.2. The zero-order valence-corrected chi connectivity index (χ0v) is 17.2. The second-order valence-electron chi connectivity index (χ2n) is 7.00. The molecule has 0 aliphatic heterocycles. The minimum Gasteiger partial charge on any atom is -0.436 e. The third kappa shape index (κ3) is 4.03. The molecule has 0 N–H and O–H groups in total. The van der Waals surface area contributed by atoms with Gasteiger partial charge in [0.2, 0.25) is 5.89 Å². The van der Waals surface area contributed by atoms with E-state index in [0.717, 1.165) is 29.9 Å². The van der Waals surface area contributed by atoms with E-state index >= 15 is 0 Å². The van der Waals surface area contributed by atoms with E-state index in [2.05, 4.69) is 35.9 Å². The van der Waals surface area contributed by atoms with E-state index in [1.807, 2.05) is 72.8 Å². The van der Waals surface area contributed by atoms with Gasteiger partial charge in [-0.15, -0.1) is 0 Å². The number of fused-ring (bicyclic) bond motifs is 1. The molecule has 0 radical (unpaired) electrons. The molecule has 0 saturated carbocycles. The average Bonchev–Trinajstić information content (AvgIpc) is 3.23. The van der Waals surface area contributed by atoms with Crippen molar-refractivity contribution in [1.29, 1.82) is 0 Å². The van der Waals surface area contributed by atoms with Gasteiger partial charge in [0.25, 0.3) is 0 Å². The van der Waals surface area contributed by atoms with Gasteiger partial charge in [0, 0.05) is 24.3 Å². The van der Waals surface area contributed by atoms with Crippen molar-refractivity contribution >= 4 is 34.2 Å². The lowest BCUT2D eigenvalue weighted by atomic mass is 10.0. The summed E-state index contributed by atoms with van der Waals surface area (Å²) in [5.74, 6) is 0.216. The number of carbonyl (C=O) groups is 1. The Labute approximate surface area is 176 Å². The van der Waals surface area contributed by atoms with Crippen molar-refractivity contribution < 1.29 is 9.21 Å². The fourth-order valence-electron chi connectivity index (χ4n) is 3.49. The highest BCUT2D eigenvalue weighted by Crippen LogP contribution is 2.27. The van der Waals surface area contributed by atoms with Crippen LogP contribution >= 0.6 is 0 Å². The van der Waals surface area contributed by atoms with Crippen molar-refractivity contribution in [3.05, 3.63) is 95.9 Å². The van der Waals surface area contributed by atoms with Crippen LogP contribution in [0, 0.1) is 0 Å². The summed E-state index contributed by atoms with van der Waals surface area (Å²) in [5, 5.41) is 0. The van der Waals surface area contributed by atoms with Gasteiger partial charge in [0.15, 0.2) is 11.4 Å². The number of Topliss-reactive ketones (excluding diaryl/α,β-unsaturated/α-hetero) is 1. The Balaban J connectivity index is 1.77. The molecule has 4 rings (SSSR count). The van der Waals surface area contributed by atoms with Crippen LogP contribution in [-0.2, 0) is 0 Å². The summed E-state index contributed by atoms with van der Waals surface area (Å²) in [6.07, 6.45) is 1.85. The van der Waals surface area contributed by atoms with Gasteiger partial charge in [0.1, 0.15) is 5.52 Å². The molecule has 4 nitrogen and oxygen atoms in total. The predicted octanol–water partition coefficient (Wildman–Crippen LogP) is 6.10. The molecule has 0 bridgehead atoms. The van der Waals surface area contributed by atoms with Crippen molar-refractivity contribution in [3.63, 3.8) is 0 Å². The molecular weight excluding hydrogens is 372 g/mol. The molecule has 0 unspecified atom stereocenters. The van der Waals surface area contributed by atoms with E-state index in [4.69, 9.17) is 4.42 Å². The Bertz CT molecular complexity index is 1140. The van der Waals surface area contributed by atoms with Crippen molar-refractivity contribution in [2.24, 2.45) is 0 Å². The maximum absolute atomic E-state index is 13.3. The Kier molecular flexibility index (Phi) is 5.75. The number of allylic oxidation sites excluding steroid dienone is 1. The lowest BCUT2D eigenvalue weighted by Gasteiger charge is -2.20. The SMILES string of the molecule is CCN(CC)c1ccc(/C=C(/C(=O)c2ccccc2)c2nc3ccccc3o2)cc1. The fourth-order valence-corrected chi connectivity index (χ4v) is 3.49. The van der Waals surface area contributed by atoms with E-state index in [0.29, 0.717) is 22.6 Å². The number of aromatic nitrogens is 1. The van der Waals surface area contributed by atoms with Crippen molar-refractivity contribution in [1.82, 2.24) is 4.98 Å². The normalized spacial score (nSPS) is 11.6. The first-order chi connectivity index (χ1) is 14.7. The summed E-state index contributed by atoms with van der Waals surface area (Å²) in [6.45, 7) is 6.18. The van der Waals surface area contributed by atoms with Crippen LogP contribution in [0.2, 0.25) is 0 Å². The minimum absolute atomic E-state index is 0.116. The van der Waals surface area contributed by atoms with Crippen LogP contribution in [0.25, 0.3) is 22.7 Å². The molecule has 150 valence electrons. The predicted molar refractivity (Wildman–Crippen MR) is 123 cm³/mol. The van der Waals surface area contributed by atoms with Crippen molar-refractivity contribution in [3.8, 4) is 0 Å². The highest BCUT2D eigenvalue weighted by Gasteiger charge is 2.20. The van der Waals surface area contributed by atoms with E-state index in [1.54, 1.807) is 0 Å². The van der Waals surface area contributed by atoms with Crippen LogP contribution in [0.4, 0.5) is 5.69 Å². The van der Waals surface area contributed by atoms with E-state index in [1.165, 1.54) is 0 Å². The number of nitrogens with zero attached hydrogens (tertiary/aromatic N) is 2. The number of hydrogen-bond acceptors (Lipinski definition) is 4. The lowest BCUT2D eigenvalue weighted by Crippen LogP contribution is -2.21. The van der Waals surface area contributed by atoms with E-state index < -0.39 is 0 Å². The van der Waals surface area contributed by atoms with Gasteiger partial charge >= 0.3 is 0 Å². The van der Waals surface area contributed by atoms with Crippen LogP contribution in [0.1, 0.15) is 35.7 Å². The monoisotopic (exact) mass is 396 g/mol. The summed E-state index contributed by atoms with van der Waals surface area (Å²) >= 11 is 0. The van der Waals surface area contributed by atoms with Gasteiger partial charge in [-0.25, -0.2) is 4.98 Å². The number of benzene rings is 3. The number of oxazole rings is 1. The topological polar surface area (TPSA) is 46.3 Å². The highest BCUT2D eigenvalue weighted by molar-refractivity contribution is 6.31. The molecule has 1 heterocycles. The molecule has 4 heteroatoms. The molecule has 3 aromatic carbocycles. The Morgan fingerprint density at radius 2 is 1.57 bits per heavy atom. The lowest BCUT2D eigenvalue weighted by molar-refractivity contribution is 0.105. The number of para-hydroxylation sites is 2. The molecule has 0 atom stereocenters. The molecule has 0 spiro atoms. The Morgan fingerprint density at radius 1 is 0.900 bits per heavy atom. The third-order valence-corrected chi connectivity index (χ3v) is 5.14. The van der Waals surface area contributed by atoms with E-state index in [-0.39, 0.29) is 5.78 Å². The number of hydrogen-bond donors (Lipinski definition) is 0. The van der Waals surface area contributed by atoms with Gasteiger partial charge in [-0.05, 0) is 49.8 Å². The summed E-state index contributed by atoms with van der Waals surface area (Å²) in [6, 6.07) is 25.0. The highest BCUT2D eigenvalue weighted by atomic mass is 16.3. The first kappa shape index (κ1) is 19.6. The zero-order chi connectivity index (χ0) is 20.9. The molecule has 0 saturated heterocycles. The van der Waals surface area contributed by atoms with Crippen LogP contribution in [-0.4, -0.2) is 23.9 Å². The van der Waals surface area contributed by atoms with Crippen molar-refractivity contribution in [2.75, 3.05) is 18.0 Å². The van der Waals surface area contributed by atoms with Crippen LogP contribution in [0.15, 0.2) is 83.3 Å². The quantitative estimate of drug-likeness (QED) is 0.280. The fraction of sp³-hybridized carbons (Fsp3) is 0.154. The Hall–Kier alpha value is -3.66. The second kappa shape index (κ2) is 8.78. The van der Waals surface area contributed by atoms with Crippen LogP contribution in [0.3, 0.4) is 0 Å². The van der Waals surface area contributed by atoms with Crippen LogP contribution < -0.4 is 4.90 Å². The van der Waals surface area contributed by atoms with Gasteiger partial charge in [-0.3, -0.25) is 4.79 Å². The number of rotatable bonds is 7. The van der Waals surface area contributed by atoms with Crippen molar-refractivity contribution in [2.45, 2.75) is 13.8 Å². The zero-order valence-electron chi connectivity index (χ0n) is 17.2. The number of anilines is 1. The number of carbonyl (C=O) groups excluding carboxylic acids is 1. The molecule has 1 aromatic heterocycles. The maximum atomic E-state index is 13.3. The molecule has 0 fully saturated rings.